The third-order valence-corrected chi connectivity index (χ3v) is 1.73. The molecular weight excluding hydrogens is 324 g/mol. The molecule has 0 atom stereocenters. The fourth-order valence-corrected chi connectivity index (χ4v) is 1.00. The molecule has 1 radical (unpaired) electrons. The van der Waals surface area contributed by atoms with E-state index in [-0.39, 0.29) is 40.8 Å². The first-order valence-corrected chi connectivity index (χ1v) is 5.11. The molecule has 0 amide bonds. The Labute approximate surface area is 131 Å². The van der Waals surface area contributed by atoms with Crippen LogP contribution in [-0.2, 0) is 0 Å². The molecule has 0 unspecified atom stereocenters. The summed E-state index contributed by atoms with van der Waals surface area (Å²) in [4.78, 5) is 0. The minimum Gasteiger partial charge on any atom is -0.273 e. The van der Waals surface area contributed by atoms with Gasteiger partial charge in [0.25, 0.3) is 0 Å². The van der Waals surface area contributed by atoms with Gasteiger partial charge in [0.15, 0.2) is 0 Å². The third kappa shape index (κ3) is 10.2. The van der Waals surface area contributed by atoms with E-state index in [4.69, 9.17) is 0 Å². The van der Waals surface area contributed by atoms with Crippen LogP contribution in [0.2, 0.25) is 0 Å². The van der Waals surface area contributed by atoms with Crippen molar-refractivity contribution in [2.24, 2.45) is 0 Å². The smallest absolute Gasteiger partial charge is 0.273 e. The number of hydrogen-bond donors (Lipinski definition) is 0. The van der Waals surface area contributed by atoms with E-state index in [0.717, 1.165) is 12.8 Å². The van der Waals surface area contributed by atoms with Crippen LogP contribution in [0.15, 0.2) is 66.8 Å². The van der Waals surface area contributed by atoms with Gasteiger partial charge in [0, 0.05) is 0 Å². The van der Waals surface area contributed by atoms with Crippen molar-refractivity contribution in [2.75, 3.05) is 0 Å². The Morgan fingerprint density at radius 3 is 2.06 bits per heavy atom. The average molecular weight is 340 g/mol. The largest absolute Gasteiger partial charge is 3.00 e. The maximum Gasteiger partial charge on any atom is 3.00 e. The third-order valence-electron chi connectivity index (χ3n) is 1.73. The van der Waals surface area contributed by atoms with Gasteiger partial charge < -0.3 is 0 Å². The van der Waals surface area contributed by atoms with Crippen molar-refractivity contribution >= 4 is 0 Å². The molecule has 0 aliphatic heterocycles. The molecule has 0 spiro atoms. The van der Waals surface area contributed by atoms with Crippen LogP contribution in [0.4, 0.5) is 0 Å². The first kappa shape index (κ1) is 15.7. The Bertz CT molecular complexity index is 267. The topological polar surface area (TPSA) is 0 Å². The van der Waals surface area contributed by atoms with Crippen LogP contribution in [0.25, 0.3) is 0 Å². The quantitative estimate of drug-likeness (QED) is 0.626. The summed E-state index contributed by atoms with van der Waals surface area (Å²) in [5, 5.41) is 0. The first-order valence-electron chi connectivity index (χ1n) is 5.11. The zero-order valence-electron chi connectivity index (χ0n) is 9.27. The molecule has 16 heavy (non-hydrogen) atoms. The minimum absolute atomic E-state index is 0. The van der Waals surface area contributed by atoms with Crippen molar-refractivity contribution < 1.29 is 40.8 Å². The summed E-state index contributed by atoms with van der Waals surface area (Å²) in [7, 11) is 0. The van der Waals surface area contributed by atoms with Crippen molar-refractivity contribution in [1.29, 1.82) is 0 Å². The van der Waals surface area contributed by atoms with Crippen LogP contribution in [0.1, 0.15) is 12.8 Å². The standard InChI is InChI=1S/3C5H5.Nd/c3*1-2-4-5-3-1;/h1-2,5H,3H2;1-3H,4H2;1-5H;/q3*-1;+3. The van der Waals surface area contributed by atoms with Crippen molar-refractivity contribution in [3.8, 4) is 0 Å². The second-order valence-electron chi connectivity index (χ2n) is 2.97. The normalized spacial score (nSPS) is 13.5. The maximum absolute atomic E-state index is 2.99. The summed E-state index contributed by atoms with van der Waals surface area (Å²) in [5.41, 5.74) is 0. The Morgan fingerprint density at radius 2 is 1.88 bits per heavy atom. The molecule has 3 rings (SSSR count). The molecular formula is C15H15Nd. The van der Waals surface area contributed by atoms with Gasteiger partial charge in [-0.2, -0.15) is 30.4 Å². The van der Waals surface area contributed by atoms with Crippen molar-refractivity contribution in [1.82, 2.24) is 0 Å². The van der Waals surface area contributed by atoms with Gasteiger partial charge in [-0.15, -0.1) is 12.8 Å². The molecule has 0 bridgehead atoms. The second kappa shape index (κ2) is 12.7. The van der Waals surface area contributed by atoms with Crippen LogP contribution in [-0.4, -0.2) is 0 Å². The Kier molecular flexibility index (Phi) is 12.5. The average Bonchev–Trinajstić information content (AvgIpc) is 3.09. The molecule has 2 aliphatic carbocycles. The van der Waals surface area contributed by atoms with E-state index in [0.29, 0.717) is 0 Å². The van der Waals surface area contributed by atoms with Gasteiger partial charge >= 0.3 is 40.8 Å². The van der Waals surface area contributed by atoms with Crippen molar-refractivity contribution in [3.63, 3.8) is 0 Å². The molecule has 0 nitrogen and oxygen atoms in total. The predicted molar refractivity (Wildman–Crippen MR) is 65.2 cm³/mol. The number of rotatable bonds is 0. The molecule has 0 heterocycles. The fraction of sp³-hybridized carbons (Fsp3) is 0.133. The van der Waals surface area contributed by atoms with E-state index >= 15 is 0 Å². The number of allylic oxidation sites excluding steroid dienone is 8. The van der Waals surface area contributed by atoms with Gasteiger partial charge in [-0.25, -0.2) is 36.4 Å². The van der Waals surface area contributed by atoms with E-state index in [1.165, 1.54) is 0 Å². The number of hydrogen-bond acceptors (Lipinski definition) is 0. The zero-order chi connectivity index (χ0) is 10.6. The van der Waals surface area contributed by atoms with E-state index in [9.17, 15) is 0 Å². The van der Waals surface area contributed by atoms with Crippen LogP contribution >= 0.6 is 0 Å². The Hall–Kier alpha value is -0.339. The molecule has 0 N–H and O–H groups in total. The molecule has 0 saturated carbocycles. The minimum atomic E-state index is 0. The second-order valence-corrected chi connectivity index (χ2v) is 2.97. The predicted octanol–water partition coefficient (Wildman–Crippen LogP) is 4.02. The van der Waals surface area contributed by atoms with Gasteiger partial charge in [0.2, 0.25) is 0 Å². The fourth-order valence-electron chi connectivity index (χ4n) is 1.00. The van der Waals surface area contributed by atoms with E-state index in [1.807, 2.05) is 54.6 Å². The van der Waals surface area contributed by atoms with Crippen LogP contribution in [0, 0.1) is 53.0 Å². The van der Waals surface area contributed by atoms with Crippen LogP contribution in [0.3, 0.4) is 0 Å². The summed E-state index contributed by atoms with van der Waals surface area (Å²) in [6.07, 6.45) is 20.0. The Morgan fingerprint density at radius 1 is 1.06 bits per heavy atom. The van der Waals surface area contributed by atoms with E-state index in [2.05, 4.69) is 24.3 Å². The van der Waals surface area contributed by atoms with E-state index in [1.54, 1.807) is 0 Å². The van der Waals surface area contributed by atoms with Crippen LogP contribution < -0.4 is 0 Å². The molecule has 79 valence electrons. The van der Waals surface area contributed by atoms with Gasteiger partial charge in [-0.3, -0.25) is 12.2 Å². The summed E-state index contributed by atoms with van der Waals surface area (Å²) >= 11 is 0. The molecule has 1 aromatic rings. The van der Waals surface area contributed by atoms with E-state index < -0.39 is 0 Å². The van der Waals surface area contributed by atoms with Gasteiger partial charge in [-0.1, -0.05) is 0 Å². The summed E-state index contributed by atoms with van der Waals surface area (Å²) in [5.74, 6) is 0. The molecule has 0 aromatic heterocycles. The molecule has 0 saturated heterocycles. The molecule has 2 aliphatic rings. The summed E-state index contributed by atoms with van der Waals surface area (Å²) < 4.78 is 0. The van der Waals surface area contributed by atoms with Crippen LogP contribution in [0.5, 0.6) is 0 Å². The molecule has 1 aromatic carbocycles. The van der Waals surface area contributed by atoms with Crippen molar-refractivity contribution in [3.05, 3.63) is 78.9 Å². The monoisotopic (exact) mass is 337 g/mol. The molecule has 0 fully saturated rings. The SMILES string of the molecule is [C-]1=CC=CC1.[C-]1=CCC=C1.[Nd+3].c1cc[cH-]c1. The maximum atomic E-state index is 2.99. The zero-order valence-corrected chi connectivity index (χ0v) is 12.5. The van der Waals surface area contributed by atoms with Gasteiger partial charge in [0.05, 0.1) is 0 Å². The Balaban J connectivity index is 0.000000205. The van der Waals surface area contributed by atoms with Crippen molar-refractivity contribution in [2.45, 2.75) is 12.8 Å². The first-order chi connectivity index (χ1) is 7.50. The molecule has 1 heteroatoms. The van der Waals surface area contributed by atoms with Gasteiger partial charge in [0.1, 0.15) is 0 Å². The summed E-state index contributed by atoms with van der Waals surface area (Å²) in [6.45, 7) is 0. The van der Waals surface area contributed by atoms with Gasteiger partial charge in [-0.05, 0) is 0 Å². The summed E-state index contributed by atoms with van der Waals surface area (Å²) in [6, 6.07) is 10.0.